The molecule has 5 heavy (non-hydrogen) atoms. The van der Waals surface area contributed by atoms with E-state index in [-0.39, 0.29) is 0 Å². The van der Waals surface area contributed by atoms with Crippen LogP contribution in [0.1, 0.15) is 0 Å². The maximum absolute atomic E-state index is 11.1. The Morgan fingerprint density at radius 1 is 1.60 bits per heavy atom. The van der Waals surface area contributed by atoms with Gasteiger partial charge in [0.05, 0.1) is 0 Å². The number of halogens is 3. The lowest BCUT2D eigenvalue weighted by Crippen LogP contribution is -1.84. The van der Waals surface area contributed by atoms with E-state index in [1.165, 1.54) is 0 Å². The highest BCUT2D eigenvalue weighted by Gasteiger charge is 2.11. The van der Waals surface area contributed by atoms with Gasteiger partial charge in [-0.1, -0.05) is 23.2 Å². The van der Waals surface area contributed by atoms with E-state index in [1.54, 1.807) is 0 Å². The van der Waals surface area contributed by atoms with Gasteiger partial charge in [-0.25, -0.2) is 0 Å². The molecule has 0 nitrogen and oxygen atoms in total. The molecule has 0 aromatic heterocycles. The smallest absolute Gasteiger partial charge is 0.196 e. The number of alkyl halides is 3. The summed E-state index contributed by atoms with van der Waals surface area (Å²) in [6.45, 7) is 0. The maximum atomic E-state index is 11.1. The van der Waals surface area contributed by atoms with E-state index < -0.39 is 3.92 Å². The van der Waals surface area contributed by atoms with E-state index in [9.17, 15) is 4.39 Å². The van der Waals surface area contributed by atoms with Gasteiger partial charge in [0.2, 0.25) is 0 Å². The van der Waals surface area contributed by atoms with Crippen LogP contribution in [0.2, 0.25) is 0 Å². The monoisotopic (exact) mass is 134 g/mol. The van der Waals surface area contributed by atoms with Crippen molar-refractivity contribution in [3.63, 3.8) is 0 Å². The molecule has 0 atom stereocenters. The zero-order valence-corrected chi connectivity index (χ0v) is 4.49. The van der Waals surface area contributed by atoms with Gasteiger partial charge in [-0.05, 0) is 0 Å². The van der Waals surface area contributed by atoms with Gasteiger partial charge in [0.15, 0.2) is 0 Å². The van der Waals surface area contributed by atoms with E-state index in [0.29, 0.717) is 0 Å². The molecule has 32 valence electrons. The summed E-state index contributed by atoms with van der Waals surface area (Å²) in [6.07, 6.45) is 0. The summed E-state index contributed by atoms with van der Waals surface area (Å²) < 4.78 is 8.72. The third kappa shape index (κ3) is 53.7. The molecular formula is CHCl2FS. The van der Waals surface area contributed by atoms with E-state index in [2.05, 4.69) is 35.8 Å². The first-order valence-corrected chi connectivity index (χ1v) is 1.99. The van der Waals surface area contributed by atoms with Gasteiger partial charge in [0.1, 0.15) is 0 Å². The molecular weight excluding hydrogens is 134 g/mol. The number of thiol groups is 1. The lowest BCUT2D eigenvalue weighted by Gasteiger charge is -1.91. The van der Waals surface area contributed by atoms with Crippen LogP contribution in [0.15, 0.2) is 0 Å². The molecule has 0 rings (SSSR count). The van der Waals surface area contributed by atoms with Crippen LogP contribution in [-0.4, -0.2) is 3.92 Å². The van der Waals surface area contributed by atoms with Crippen molar-refractivity contribution in [2.24, 2.45) is 0 Å². The Morgan fingerprint density at radius 3 is 1.60 bits per heavy atom. The van der Waals surface area contributed by atoms with Gasteiger partial charge in [-0.2, -0.15) is 4.39 Å². The Balaban J connectivity index is 3.02. The van der Waals surface area contributed by atoms with Crippen LogP contribution >= 0.6 is 35.8 Å². The Morgan fingerprint density at radius 2 is 1.60 bits per heavy atom. The molecule has 0 saturated carbocycles. The second-order valence-corrected chi connectivity index (χ2v) is 2.85. The maximum Gasteiger partial charge on any atom is 0.302 e. The SMILES string of the molecule is FC(S)(Cl)Cl. The van der Waals surface area contributed by atoms with Gasteiger partial charge >= 0.3 is 3.92 Å². The molecule has 0 bridgehead atoms. The Labute approximate surface area is 44.7 Å². The molecule has 0 aliphatic rings. The van der Waals surface area contributed by atoms with Gasteiger partial charge in [-0.3, -0.25) is 0 Å². The minimum atomic E-state index is -2.36. The topological polar surface area (TPSA) is 0 Å². The third-order valence-corrected chi connectivity index (χ3v) is 0. The number of hydrogen-bond acceptors (Lipinski definition) is 1. The van der Waals surface area contributed by atoms with E-state index in [4.69, 9.17) is 0 Å². The molecule has 0 fully saturated rings. The van der Waals surface area contributed by atoms with Crippen molar-refractivity contribution in [2.45, 2.75) is 3.92 Å². The Bertz CT molecular complexity index is 25.1. The summed E-state index contributed by atoms with van der Waals surface area (Å²) in [5, 5.41) is 0. The fourth-order valence-electron chi connectivity index (χ4n) is 0. The zero-order valence-electron chi connectivity index (χ0n) is 2.08. The third-order valence-electron chi connectivity index (χ3n) is 0. The normalized spacial score (nSPS) is 12.0. The summed E-state index contributed by atoms with van der Waals surface area (Å²) in [6, 6.07) is 0. The summed E-state index contributed by atoms with van der Waals surface area (Å²) in [4.78, 5) is 0. The van der Waals surface area contributed by atoms with Gasteiger partial charge in [-0.15, -0.1) is 12.6 Å². The fraction of sp³-hybridized carbons (Fsp3) is 1.00. The summed E-state index contributed by atoms with van der Waals surface area (Å²) in [7, 11) is 0. The van der Waals surface area contributed by atoms with Crippen molar-refractivity contribution in [2.75, 3.05) is 0 Å². The molecule has 0 saturated heterocycles. The highest BCUT2D eigenvalue weighted by Crippen LogP contribution is 2.25. The van der Waals surface area contributed by atoms with Crippen LogP contribution in [0, 0.1) is 0 Å². The first-order chi connectivity index (χ1) is 2.00. The predicted molar refractivity (Wildman–Crippen MR) is 24.5 cm³/mol. The van der Waals surface area contributed by atoms with Gasteiger partial charge in [0.25, 0.3) is 0 Å². The molecule has 0 spiro atoms. The zero-order chi connectivity index (χ0) is 4.50. The highest BCUT2D eigenvalue weighted by molar-refractivity contribution is 7.84. The van der Waals surface area contributed by atoms with Crippen molar-refractivity contribution in [3.05, 3.63) is 0 Å². The van der Waals surface area contributed by atoms with E-state index in [0.717, 1.165) is 0 Å². The molecule has 0 aliphatic carbocycles. The molecule has 0 N–H and O–H groups in total. The molecule has 0 aromatic carbocycles. The van der Waals surface area contributed by atoms with Crippen molar-refractivity contribution < 1.29 is 4.39 Å². The standard InChI is InChI=1S/CHCl2FS/c2-1(3,4)5/h5H. The minimum absolute atomic E-state index is 2.36. The average Bonchev–Trinajstić information content (AvgIpc) is 0.722. The first kappa shape index (κ1) is 5.86. The second-order valence-electron chi connectivity index (χ2n) is 0.468. The van der Waals surface area contributed by atoms with Crippen molar-refractivity contribution in [3.8, 4) is 0 Å². The van der Waals surface area contributed by atoms with Crippen LogP contribution in [-0.2, 0) is 0 Å². The minimum Gasteiger partial charge on any atom is -0.196 e. The quantitative estimate of drug-likeness (QED) is 0.381. The first-order valence-electron chi connectivity index (χ1n) is 0.791. The molecule has 4 heteroatoms. The van der Waals surface area contributed by atoms with Crippen LogP contribution in [0.4, 0.5) is 4.39 Å². The van der Waals surface area contributed by atoms with Gasteiger partial charge < -0.3 is 0 Å². The van der Waals surface area contributed by atoms with Crippen molar-refractivity contribution in [1.29, 1.82) is 0 Å². The van der Waals surface area contributed by atoms with Crippen molar-refractivity contribution in [1.82, 2.24) is 0 Å². The molecule has 0 unspecified atom stereocenters. The highest BCUT2D eigenvalue weighted by atomic mass is 35.5. The van der Waals surface area contributed by atoms with Crippen LogP contribution in [0.25, 0.3) is 0 Å². The molecule has 0 amide bonds. The van der Waals surface area contributed by atoms with E-state index in [1.807, 2.05) is 0 Å². The van der Waals surface area contributed by atoms with Crippen LogP contribution < -0.4 is 0 Å². The Kier molecular flexibility index (Phi) is 1.80. The van der Waals surface area contributed by atoms with Crippen LogP contribution in [0.5, 0.6) is 0 Å². The molecule has 0 radical (unpaired) electrons. The molecule has 0 aliphatic heterocycles. The second kappa shape index (κ2) is 1.54. The van der Waals surface area contributed by atoms with Crippen molar-refractivity contribution >= 4 is 35.8 Å². The lowest BCUT2D eigenvalue weighted by molar-refractivity contribution is 0.519. The Hall–Kier alpha value is 0.860. The predicted octanol–water partition coefficient (Wildman–Crippen LogP) is 1.97. The number of rotatable bonds is 0. The lowest BCUT2D eigenvalue weighted by atomic mass is 11.7. The van der Waals surface area contributed by atoms with E-state index >= 15 is 0 Å². The fourth-order valence-corrected chi connectivity index (χ4v) is 0. The largest absolute Gasteiger partial charge is 0.302 e. The average molecular weight is 135 g/mol. The van der Waals surface area contributed by atoms with Gasteiger partial charge in [0, 0.05) is 0 Å². The molecule has 0 aromatic rings. The number of hydrogen-bond donors (Lipinski definition) is 1. The van der Waals surface area contributed by atoms with Crippen LogP contribution in [0.3, 0.4) is 0 Å². The summed E-state index contributed by atoms with van der Waals surface area (Å²) in [5.74, 6) is 0. The molecule has 0 heterocycles. The summed E-state index contributed by atoms with van der Waals surface area (Å²) >= 11 is 12.0. The summed E-state index contributed by atoms with van der Waals surface area (Å²) in [5.41, 5.74) is 0.